The molecule has 0 aliphatic heterocycles. The number of hydrogen-bond acceptors (Lipinski definition) is 1. The quantitative estimate of drug-likeness (QED) is 0.774. The monoisotopic (exact) mass is 210 g/mol. The van der Waals surface area contributed by atoms with Gasteiger partial charge in [0.05, 0.1) is 0 Å². The molecule has 0 aliphatic rings. The number of aliphatic carboxylic acids is 1. The van der Waals surface area contributed by atoms with Crippen molar-refractivity contribution in [1.82, 2.24) is 0 Å². The summed E-state index contributed by atoms with van der Waals surface area (Å²) in [7, 11) is 0. The van der Waals surface area contributed by atoms with Crippen LogP contribution in [0.25, 0.3) is 0 Å². The van der Waals surface area contributed by atoms with Crippen molar-refractivity contribution in [3.63, 3.8) is 0 Å². The van der Waals surface area contributed by atoms with E-state index in [0.717, 1.165) is 0 Å². The van der Waals surface area contributed by atoms with Crippen molar-refractivity contribution in [1.29, 1.82) is 0 Å². The van der Waals surface area contributed by atoms with E-state index in [9.17, 15) is 13.6 Å². The molecule has 0 aromatic heterocycles. The van der Waals surface area contributed by atoms with Gasteiger partial charge < -0.3 is 5.11 Å². The standard InChI is InChI=1S/C11H8F2O2/c1-2-8-5-3-4-6-9(8)7-11(12,13)10(14)15/h1,3-6H,7H2,(H,14,15). The minimum Gasteiger partial charge on any atom is -0.477 e. The SMILES string of the molecule is C#Cc1ccccc1CC(F)(F)C(=O)O. The summed E-state index contributed by atoms with van der Waals surface area (Å²) in [4.78, 5) is 10.2. The van der Waals surface area contributed by atoms with E-state index < -0.39 is 18.3 Å². The zero-order valence-corrected chi connectivity index (χ0v) is 7.71. The van der Waals surface area contributed by atoms with E-state index in [0.29, 0.717) is 5.56 Å². The van der Waals surface area contributed by atoms with Gasteiger partial charge in [0.1, 0.15) is 0 Å². The van der Waals surface area contributed by atoms with Gasteiger partial charge in [-0.3, -0.25) is 0 Å². The second kappa shape index (κ2) is 4.09. The highest BCUT2D eigenvalue weighted by Gasteiger charge is 2.39. The first-order valence-electron chi connectivity index (χ1n) is 4.13. The Morgan fingerprint density at radius 3 is 2.60 bits per heavy atom. The first-order valence-corrected chi connectivity index (χ1v) is 4.13. The number of carboxylic acid groups (broad SMARTS) is 1. The van der Waals surface area contributed by atoms with Crippen LogP contribution in [-0.2, 0) is 11.2 Å². The van der Waals surface area contributed by atoms with Crippen molar-refractivity contribution in [2.24, 2.45) is 0 Å². The van der Waals surface area contributed by atoms with E-state index in [1.807, 2.05) is 0 Å². The molecule has 0 saturated carbocycles. The lowest BCUT2D eigenvalue weighted by atomic mass is 10.0. The number of rotatable bonds is 3. The number of hydrogen-bond donors (Lipinski definition) is 1. The van der Waals surface area contributed by atoms with E-state index in [2.05, 4.69) is 5.92 Å². The zero-order chi connectivity index (χ0) is 11.5. The zero-order valence-electron chi connectivity index (χ0n) is 7.71. The Morgan fingerprint density at radius 1 is 1.47 bits per heavy atom. The van der Waals surface area contributed by atoms with Crippen molar-refractivity contribution in [2.45, 2.75) is 12.3 Å². The Balaban J connectivity index is 3.00. The fraction of sp³-hybridized carbons (Fsp3) is 0.182. The smallest absolute Gasteiger partial charge is 0.374 e. The third-order valence-electron chi connectivity index (χ3n) is 1.90. The lowest BCUT2D eigenvalue weighted by molar-refractivity contribution is -0.164. The third kappa shape index (κ3) is 2.53. The average molecular weight is 210 g/mol. The van der Waals surface area contributed by atoms with Gasteiger partial charge in [0.15, 0.2) is 0 Å². The average Bonchev–Trinajstić information content (AvgIpc) is 2.18. The van der Waals surface area contributed by atoms with E-state index in [1.54, 1.807) is 6.07 Å². The summed E-state index contributed by atoms with van der Waals surface area (Å²) in [5, 5.41) is 8.26. The van der Waals surface area contributed by atoms with Crippen LogP contribution < -0.4 is 0 Å². The minimum absolute atomic E-state index is 0.160. The van der Waals surface area contributed by atoms with Crippen LogP contribution in [-0.4, -0.2) is 17.0 Å². The van der Waals surface area contributed by atoms with Crippen LogP contribution in [0.4, 0.5) is 8.78 Å². The van der Waals surface area contributed by atoms with E-state index in [4.69, 9.17) is 11.5 Å². The molecule has 1 N–H and O–H groups in total. The molecular weight excluding hydrogens is 202 g/mol. The van der Waals surface area contributed by atoms with Crippen LogP contribution in [0.15, 0.2) is 24.3 Å². The molecule has 1 rings (SSSR count). The normalized spacial score (nSPS) is 10.7. The Hall–Kier alpha value is -1.89. The summed E-state index contributed by atoms with van der Waals surface area (Å²) in [6.45, 7) is 0. The number of benzene rings is 1. The molecule has 15 heavy (non-hydrogen) atoms. The van der Waals surface area contributed by atoms with Crippen LogP contribution in [0.2, 0.25) is 0 Å². The van der Waals surface area contributed by atoms with Gasteiger partial charge >= 0.3 is 11.9 Å². The van der Waals surface area contributed by atoms with Crippen molar-refractivity contribution >= 4 is 5.97 Å². The first-order chi connectivity index (χ1) is 6.97. The first kappa shape index (κ1) is 11.2. The van der Waals surface area contributed by atoms with E-state index in [-0.39, 0.29) is 5.56 Å². The minimum atomic E-state index is -3.78. The molecule has 0 spiro atoms. The lowest BCUT2D eigenvalue weighted by Crippen LogP contribution is -2.30. The van der Waals surface area contributed by atoms with Gasteiger partial charge in [-0.2, -0.15) is 8.78 Å². The molecule has 0 atom stereocenters. The number of terminal acetylenes is 1. The molecule has 0 amide bonds. The fourth-order valence-corrected chi connectivity index (χ4v) is 1.13. The molecular formula is C11H8F2O2. The van der Waals surface area contributed by atoms with Gasteiger partial charge in [-0.1, -0.05) is 24.1 Å². The molecule has 1 aromatic rings. The van der Waals surface area contributed by atoms with Gasteiger partial charge in [-0.05, 0) is 11.6 Å². The van der Waals surface area contributed by atoms with Gasteiger partial charge in [0, 0.05) is 12.0 Å². The van der Waals surface area contributed by atoms with Crippen LogP contribution in [0, 0.1) is 12.3 Å². The van der Waals surface area contributed by atoms with E-state index in [1.165, 1.54) is 18.2 Å². The summed E-state index contributed by atoms with van der Waals surface area (Å²) in [5.41, 5.74) is 0.450. The van der Waals surface area contributed by atoms with E-state index >= 15 is 0 Å². The van der Waals surface area contributed by atoms with Gasteiger partial charge in [0.25, 0.3) is 0 Å². The van der Waals surface area contributed by atoms with Crippen LogP contribution in [0.3, 0.4) is 0 Å². The van der Waals surface area contributed by atoms with Crippen molar-refractivity contribution in [3.8, 4) is 12.3 Å². The van der Waals surface area contributed by atoms with Crippen LogP contribution in [0.1, 0.15) is 11.1 Å². The molecule has 0 bridgehead atoms. The van der Waals surface area contributed by atoms with Gasteiger partial charge in [-0.25, -0.2) is 4.79 Å². The second-order valence-electron chi connectivity index (χ2n) is 2.99. The number of carbonyl (C=O) groups is 1. The summed E-state index contributed by atoms with van der Waals surface area (Å²) >= 11 is 0. The molecule has 2 nitrogen and oxygen atoms in total. The van der Waals surface area contributed by atoms with Gasteiger partial charge in [-0.15, -0.1) is 6.42 Å². The molecule has 78 valence electrons. The maximum atomic E-state index is 12.9. The fourth-order valence-electron chi connectivity index (χ4n) is 1.13. The molecule has 4 heteroatoms. The summed E-state index contributed by atoms with van der Waals surface area (Å²) in [5.74, 6) is -3.70. The maximum absolute atomic E-state index is 12.9. The number of halogens is 2. The predicted octanol–water partition coefficient (Wildman–Crippen LogP) is 1.93. The topological polar surface area (TPSA) is 37.3 Å². The third-order valence-corrected chi connectivity index (χ3v) is 1.90. The number of alkyl halides is 2. The van der Waals surface area contributed by atoms with Crippen LogP contribution in [0.5, 0.6) is 0 Å². The highest BCUT2D eigenvalue weighted by atomic mass is 19.3. The Morgan fingerprint density at radius 2 is 2.07 bits per heavy atom. The molecule has 0 saturated heterocycles. The molecule has 1 aromatic carbocycles. The maximum Gasteiger partial charge on any atom is 0.374 e. The van der Waals surface area contributed by atoms with Gasteiger partial charge in [0.2, 0.25) is 0 Å². The summed E-state index contributed by atoms with van der Waals surface area (Å²) < 4.78 is 25.8. The summed E-state index contributed by atoms with van der Waals surface area (Å²) in [6.07, 6.45) is 4.22. The Bertz CT molecular complexity index is 419. The highest BCUT2D eigenvalue weighted by molar-refractivity contribution is 5.75. The predicted molar refractivity (Wildman–Crippen MR) is 50.7 cm³/mol. The molecule has 0 heterocycles. The molecule has 0 unspecified atom stereocenters. The Kier molecular flexibility index (Phi) is 3.05. The van der Waals surface area contributed by atoms with Crippen molar-refractivity contribution in [2.75, 3.05) is 0 Å². The number of carboxylic acids is 1. The Labute approximate surface area is 85.5 Å². The highest BCUT2D eigenvalue weighted by Crippen LogP contribution is 2.22. The largest absolute Gasteiger partial charge is 0.477 e. The van der Waals surface area contributed by atoms with Crippen molar-refractivity contribution in [3.05, 3.63) is 35.4 Å². The summed E-state index contributed by atoms with van der Waals surface area (Å²) in [6, 6.07) is 6.03. The van der Waals surface area contributed by atoms with Crippen LogP contribution >= 0.6 is 0 Å². The van der Waals surface area contributed by atoms with Crippen molar-refractivity contribution < 1.29 is 18.7 Å². The molecule has 0 fully saturated rings. The molecule has 0 aliphatic carbocycles. The lowest BCUT2D eigenvalue weighted by Gasteiger charge is -2.11. The molecule has 0 radical (unpaired) electrons. The second-order valence-corrected chi connectivity index (χ2v) is 2.99.